The van der Waals surface area contributed by atoms with E-state index in [2.05, 4.69) is 46.2 Å². The molecular weight excluding hydrogens is 398 g/mol. The largest absolute Gasteiger partial charge is 0.301 e. The van der Waals surface area contributed by atoms with Crippen LogP contribution in [0.5, 0.6) is 0 Å². The number of allylic oxidation sites excluding steroid dienone is 2. The van der Waals surface area contributed by atoms with Crippen molar-refractivity contribution >= 4 is 30.3 Å². The molecule has 2 amide bonds. The molecule has 1 aromatic carbocycles. The number of piperazine rings is 1. The van der Waals surface area contributed by atoms with Crippen LogP contribution in [-0.2, 0) is 9.59 Å². The molecule has 2 heterocycles. The van der Waals surface area contributed by atoms with Gasteiger partial charge in [0.2, 0.25) is 11.8 Å². The van der Waals surface area contributed by atoms with Gasteiger partial charge in [-0.05, 0) is 31.4 Å². The molecule has 162 valence electrons. The number of hydrogen-bond donors (Lipinski definition) is 0. The monoisotopic (exact) mass is 429 g/mol. The Labute approximate surface area is 185 Å². The summed E-state index contributed by atoms with van der Waals surface area (Å²) in [6.45, 7) is 6.75. The van der Waals surface area contributed by atoms with Crippen molar-refractivity contribution in [3.8, 4) is 0 Å². The quantitative estimate of drug-likeness (QED) is 0.493. The third-order valence-electron chi connectivity index (χ3n) is 6.39. The molecule has 2 fully saturated rings. The van der Waals surface area contributed by atoms with Crippen molar-refractivity contribution in [2.24, 2.45) is 11.8 Å². The smallest absolute Gasteiger partial charge is 0.233 e. The maximum atomic E-state index is 12.5. The number of fused-ring (bicyclic) bond motifs is 1. The second-order valence-corrected chi connectivity index (χ2v) is 8.29. The summed E-state index contributed by atoms with van der Waals surface area (Å²) in [6, 6.07) is 10.4. The van der Waals surface area contributed by atoms with Crippen molar-refractivity contribution < 1.29 is 9.59 Å². The summed E-state index contributed by atoms with van der Waals surface area (Å²) in [7, 11) is 0. The van der Waals surface area contributed by atoms with Gasteiger partial charge in [-0.25, -0.2) is 0 Å². The number of likely N-dealkylation sites (tertiary alicyclic amines) is 1. The van der Waals surface area contributed by atoms with Gasteiger partial charge in [-0.3, -0.25) is 19.4 Å². The highest BCUT2D eigenvalue weighted by molar-refractivity contribution is 6.05. The highest BCUT2D eigenvalue weighted by Crippen LogP contribution is 2.35. The molecule has 0 aromatic heterocycles. The Balaban J connectivity index is 0.00000256. The lowest BCUT2D eigenvalue weighted by Gasteiger charge is -2.34. The molecule has 0 spiro atoms. The van der Waals surface area contributed by atoms with Gasteiger partial charge in [0.1, 0.15) is 0 Å². The normalized spacial score (nSPS) is 25.0. The minimum atomic E-state index is -0.0972. The first-order valence-electron chi connectivity index (χ1n) is 10.9. The predicted molar refractivity (Wildman–Crippen MR) is 122 cm³/mol. The Hall–Kier alpha value is -1.95. The topological polar surface area (TPSA) is 43.9 Å². The van der Waals surface area contributed by atoms with Gasteiger partial charge < -0.3 is 4.90 Å². The van der Waals surface area contributed by atoms with Crippen molar-refractivity contribution in [1.29, 1.82) is 0 Å². The number of carbonyl (C=O) groups is 2. The number of amides is 2. The average molecular weight is 430 g/mol. The maximum absolute atomic E-state index is 12.5. The van der Waals surface area contributed by atoms with E-state index in [1.807, 2.05) is 18.2 Å². The number of carbonyl (C=O) groups excluding carboxylic acids is 2. The van der Waals surface area contributed by atoms with Gasteiger partial charge in [-0.15, -0.1) is 12.4 Å². The Bertz CT molecular complexity index is 746. The summed E-state index contributed by atoms with van der Waals surface area (Å²) in [5, 5.41) is 0. The Morgan fingerprint density at radius 1 is 0.833 bits per heavy atom. The molecule has 2 unspecified atom stereocenters. The third-order valence-corrected chi connectivity index (χ3v) is 6.39. The van der Waals surface area contributed by atoms with Crippen LogP contribution in [0.2, 0.25) is 0 Å². The molecule has 0 bridgehead atoms. The SMILES string of the molecule is Cl.O=C1C2CC=CCC2C(=O)N1CCCN1CCN(CC=Cc2ccccc2)CC1. The second kappa shape index (κ2) is 10.9. The molecule has 0 saturated carbocycles. The van der Waals surface area contributed by atoms with E-state index in [-0.39, 0.29) is 36.1 Å². The first kappa shape index (κ1) is 22.7. The van der Waals surface area contributed by atoms with Gasteiger partial charge in [0, 0.05) is 39.3 Å². The van der Waals surface area contributed by atoms with Crippen LogP contribution in [0.4, 0.5) is 0 Å². The van der Waals surface area contributed by atoms with Crippen LogP contribution in [0.1, 0.15) is 24.8 Å². The number of halogens is 1. The van der Waals surface area contributed by atoms with E-state index in [9.17, 15) is 9.59 Å². The molecule has 2 atom stereocenters. The van der Waals surface area contributed by atoms with Crippen LogP contribution in [0, 0.1) is 11.8 Å². The van der Waals surface area contributed by atoms with Gasteiger partial charge in [0.15, 0.2) is 0 Å². The number of hydrogen-bond acceptors (Lipinski definition) is 4. The molecule has 1 aromatic rings. The van der Waals surface area contributed by atoms with E-state index >= 15 is 0 Å². The molecule has 3 aliphatic rings. The summed E-state index contributed by atoms with van der Waals surface area (Å²) < 4.78 is 0. The highest BCUT2D eigenvalue weighted by atomic mass is 35.5. The molecule has 5 nitrogen and oxygen atoms in total. The zero-order valence-electron chi connectivity index (χ0n) is 17.5. The average Bonchev–Trinajstić information content (AvgIpc) is 3.01. The molecule has 0 N–H and O–H groups in total. The maximum Gasteiger partial charge on any atom is 0.233 e. The zero-order valence-corrected chi connectivity index (χ0v) is 18.3. The van der Waals surface area contributed by atoms with E-state index in [0.717, 1.165) is 58.5 Å². The van der Waals surface area contributed by atoms with Crippen molar-refractivity contribution in [3.63, 3.8) is 0 Å². The highest BCUT2D eigenvalue weighted by Gasteiger charge is 2.46. The summed E-state index contributed by atoms with van der Waals surface area (Å²) in [4.78, 5) is 31.5. The first-order chi connectivity index (χ1) is 14.2. The van der Waals surface area contributed by atoms with Crippen LogP contribution in [0.15, 0.2) is 48.6 Å². The van der Waals surface area contributed by atoms with E-state index in [4.69, 9.17) is 0 Å². The van der Waals surface area contributed by atoms with Crippen molar-refractivity contribution in [2.75, 3.05) is 45.8 Å². The number of nitrogens with zero attached hydrogens (tertiary/aromatic N) is 3. The number of rotatable bonds is 7. The second-order valence-electron chi connectivity index (χ2n) is 8.29. The van der Waals surface area contributed by atoms with Gasteiger partial charge in [-0.1, -0.05) is 54.6 Å². The van der Waals surface area contributed by atoms with Crippen molar-refractivity contribution in [2.45, 2.75) is 19.3 Å². The van der Waals surface area contributed by atoms with Crippen LogP contribution >= 0.6 is 12.4 Å². The Kier molecular flexibility index (Phi) is 8.25. The van der Waals surface area contributed by atoms with Crippen molar-refractivity contribution in [1.82, 2.24) is 14.7 Å². The number of imide groups is 1. The first-order valence-corrected chi connectivity index (χ1v) is 10.9. The minimum absolute atomic E-state index is 0. The fourth-order valence-corrected chi connectivity index (χ4v) is 4.64. The zero-order chi connectivity index (χ0) is 20.1. The van der Waals surface area contributed by atoms with E-state index < -0.39 is 0 Å². The summed E-state index contributed by atoms with van der Waals surface area (Å²) >= 11 is 0. The predicted octanol–water partition coefficient (Wildman–Crippen LogP) is 3.08. The molecule has 6 heteroatoms. The van der Waals surface area contributed by atoms with Crippen LogP contribution < -0.4 is 0 Å². The van der Waals surface area contributed by atoms with Gasteiger partial charge in [0.05, 0.1) is 11.8 Å². The third kappa shape index (κ3) is 5.39. The summed E-state index contributed by atoms with van der Waals surface area (Å²) in [5.41, 5.74) is 1.24. The Morgan fingerprint density at radius 2 is 1.43 bits per heavy atom. The van der Waals surface area contributed by atoms with E-state index in [0.29, 0.717) is 6.54 Å². The Morgan fingerprint density at radius 3 is 2.07 bits per heavy atom. The molecule has 1 aliphatic carbocycles. The molecule has 2 aliphatic heterocycles. The molecule has 4 rings (SSSR count). The van der Waals surface area contributed by atoms with Gasteiger partial charge >= 0.3 is 0 Å². The lowest BCUT2D eigenvalue weighted by molar-refractivity contribution is -0.140. The lowest BCUT2D eigenvalue weighted by Crippen LogP contribution is -2.47. The van der Waals surface area contributed by atoms with Crippen LogP contribution in [0.3, 0.4) is 0 Å². The van der Waals surface area contributed by atoms with Crippen molar-refractivity contribution in [3.05, 3.63) is 54.1 Å². The molecule has 30 heavy (non-hydrogen) atoms. The van der Waals surface area contributed by atoms with Gasteiger partial charge in [0.25, 0.3) is 0 Å². The standard InChI is InChI=1S/C24H31N3O2.ClH/c28-23-21-11-4-5-12-22(21)24(29)27(23)15-7-14-26-18-16-25(17-19-26)13-6-10-20-8-2-1-3-9-20;/h1-6,8-10,21-22H,7,11-19H2;1H. The van der Waals surface area contributed by atoms with Crippen LogP contribution in [0.25, 0.3) is 6.08 Å². The van der Waals surface area contributed by atoms with E-state index in [1.165, 1.54) is 10.5 Å². The minimum Gasteiger partial charge on any atom is -0.301 e. The molecule has 2 saturated heterocycles. The molecule has 0 radical (unpaired) electrons. The molecular formula is C24H32ClN3O2. The summed E-state index contributed by atoms with van der Waals surface area (Å²) in [6.07, 6.45) is 10.8. The van der Waals surface area contributed by atoms with Crippen LogP contribution in [-0.4, -0.2) is 72.3 Å². The van der Waals surface area contributed by atoms with Gasteiger partial charge in [-0.2, -0.15) is 0 Å². The fourth-order valence-electron chi connectivity index (χ4n) is 4.64. The number of benzene rings is 1. The fraction of sp³-hybridized carbons (Fsp3) is 0.500. The lowest BCUT2D eigenvalue weighted by atomic mass is 9.85. The summed E-state index contributed by atoms with van der Waals surface area (Å²) in [5.74, 6) is -0.0845. The van der Waals surface area contributed by atoms with E-state index in [1.54, 1.807) is 0 Å².